The van der Waals surface area contributed by atoms with Gasteiger partial charge in [-0.2, -0.15) is 0 Å². The predicted octanol–water partition coefficient (Wildman–Crippen LogP) is 5.49. The molecule has 0 bridgehead atoms. The number of hydrogen-bond donors (Lipinski definition) is 1. The molecule has 0 saturated heterocycles. The molecule has 142 valence electrons. The largest absolute Gasteiger partial charge is 0.317 e. The van der Waals surface area contributed by atoms with Crippen LogP contribution in [-0.2, 0) is 4.79 Å². The molecule has 3 heteroatoms. The van der Waals surface area contributed by atoms with E-state index in [1.807, 2.05) is 48.3 Å². The molecule has 3 nitrogen and oxygen atoms in total. The Morgan fingerprint density at radius 1 is 0.909 bits per heavy atom. The van der Waals surface area contributed by atoms with Crippen molar-refractivity contribution in [3.8, 4) is 0 Å². The van der Waals surface area contributed by atoms with Crippen molar-refractivity contribution in [3.05, 3.63) is 0 Å². The third-order valence-electron chi connectivity index (χ3n) is 1.68. The molecule has 0 amide bonds. The summed E-state index contributed by atoms with van der Waals surface area (Å²) in [7, 11) is 2.16. The van der Waals surface area contributed by atoms with Crippen LogP contribution in [0.25, 0.3) is 0 Å². The summed E-state index contributed by atoms with van der Waals surface area (Å²) in [6.07, 6.45) is 1.26. The predicted molar refractivity (Wildman–Crippen MR) is 108 cm³/mol. The maximum absolute atomic E-state index is 8.00. The van der Waals surface area contributed by atoms with Crippen molar-refractivity contribution in [1.82, 2.24) is 10.2 Å². The maximum atomic E-state index is 8.00. The van der Waals surface area contributed by atoms with Gasteiger partial charge in [-0.1, -0.05) is 76.2 Å². The molecule has 1 N–H and O–H groups in total. The van der Waals surface area contributed by atoms with E-state index in [-0.39, 0.29) is 0 Å². The van der Waals surface area contributed by atoms with E-state index in [1.165, 1.54) is 13.0 Å². The van der Waals surface area contributed by atoms with Crippen LogP contribution in [0, 0.1) is 5.92 Å². The zero-order valence-corrected chi connectivity index (χ0v) is 18.2. The minimum Gasteiger partial charge on any atom is -0.317 e. The summed E-state index contributed by atoms with van der Waals surface area (Å²) in [5.41, 5.74) is 0. The van der Waals surface area contributed by atoms with E-state index in [0.717, 1.165) is 25.6 Å². The Morgan fingerprint density at radius 3 is 1.45 bits per heavy atom. The lowest BCUT2D eigenvalue weighted by atomic mass is 10.3. The van der Waals surface area contributed by atoms with Crippen molar-refractivity contribution in [2.75, 3.05) is 33.2 Å². The molecule has 0 spiro atoms. The second kappa shape index (κ2) is 58.8. The van der Waals surface area contributed by atoms with Gasteiger partial charge in [0.25, 0.3) is 0 Å². The summed E-state index contributed by atoms with van der Waals surface area (Å²) in [5, 5.41) is 3.30. The van der Waals surface area contributed by atoms with Crippen LogP contribution in [0.2, 0.25) is 0 Å². The van der Waals surface area contributed by atoms with E-state index in [9.17, 15) is 0 Å². The number of nitrogens with zero attached hydrogens (tertiary/aromatic N) is 1. The smallest absolute Gasteiger partial charge is 0.106 e. The van der Waals surface area contributed by atoms with E-state index in [2.05, 4.69) is 51.9 Å². The molecule has 0 fully saturated rings. The van der Waals surface area contributed by atoms with Gasteiger partial charge in [-0.05, 0) is 45.6 Å². The second-order valence-electron chi connectivity index (χ2n) is 4.34. The monoisotopic (exact) mass is 322 g/mol. The second-order valence-corrected chi connectivity index (χ2v) is 4.34. The lowest BCUT2D eigenvalue weighted by Crippen LogP contribution is -2.23. The zero-order chi connectivity index (χ0) is 19.4. The fourth-order valence-electron chi connectivity index (χ4n) is 0.809. The molecule has 22 heavy (non-hydrogen) atoms. The number of nitrogens with one attached hydrogen (secondary N) is 1. The van der Waals surface area contributed by atoms with Crippen LogP contribution in [0.5, 0.6) is 0 Å². The Hall–Kier alpha value is -0.410. The minimum absolute atomic E-state index is 0.833. The van der Waals surface area contributed by atoms with Crippen LogP contribution in [0.1, 0.15) is 82.6 Å². The summed E-state index contributed by atoms with van der Waals surface area (Å²) >= 11 is 0. The molecule has 0 radical (unpaired) electrons. The summed E-state index contributed by atoms with van der Waals surface area (Å²) in [6, 6.07) is 0. The third kappa shape index (κ3) is 118. The molecule has 0 aromatic heterocycles. The molecule has 0 unspecified atom stereocenters. The molecule has 0 aliphatic rings. The number of hydrogen-bond acceptors (Lipinski definition) is 3. The first-order valence-electron chi connectivity index (χ1n) is 9.22. The highest BCUT2D eigenvalue weighted by molar-refractivity contribution is 5.10. The number of carbonyl (C=O) groups is 1. The average molecular weight is 323 g/mol. The number of rotatable bonds is 6. The Morgan fingerprint density at radius 2 is 1.23 bits per heavy atom. The van der Waals surface area contributed by atoms with Crippen LogP contribution in [0.15, 0.2) is 0 Å². The van der Waals surface area contributed by atoms with Crippen molar-refractivity contribution in [3.63, 3.8) is 0 Å². The highest BCUT2D eigenvalue weighted by atomic mass is 16.1. The molecule has 0 saturated carbocycles. The molecule has 0 aromatic rings. The van der Waals surface area contributed by atoms with Crippen LogP contribution in [0.4, 0.5) is 0 Å². The van der Waals surface area contributed by atoms with Crippen molar-refractivity contribution < 1.29 is 4.79 Å². The van der Waals surface area contributed by atoms with E-state index in [4.69, 9.17) is 4.79 Å². The van der Waals surface area contributed by atoms with E-state index >= 15 is 0 Å². The lowest BCUT2D eigenvalue weighted by Gasteiger charge is -2.12. The van der Waals surface area contributed by atoms with Gasteiger partial charge >= 0.3 is 0 Å². The van der Waals surface area contributed by atoms with E-state index in [1.54, 1.807) is 0 Å². The van der Waals surface area contributed by atoms with Gasteiger partial charge < -0.3 is 15.0 Å². The first kappa shape index (κ1) is 37.7. The number of carbonyl (C=O) groups excluding carboxylic acids is 1. The highest BCUT2D eigenvalue weighted by Gasteiger charge is 1.91. The summed E-state index contributed by atoms with van der Waals surface area (Å²) in [5.74, 6) is 0.833. The third-order valence-corrected chi connectivity index (χ3v) is 1.68. The maximum Gasteiger partial charge on any atom is 0.106 e. The molecular formula is C19H50N2O. The molecule has 0 rings (SSSR count). The van der Waals surface area contributed by atoms with Gasteiger partial charge in [0.2, 0.25) is 0 Å². The van der Waals surface area contributed by atoms with Crippen molar-refractivity contribution in [2.24, 2.45) is 5.92 Å². The van der Waals surface area contributed by atoms with Gasteiger partial charge in [-0.3, -0.25) is 0 Å². The first-order chi connectivity index (χ1) is 10.5. The zero-order valence-electron chi connectivity index (χ0n) is 18.2. The lowest BCUT2D eigenvalue weighted by molar-refractivity contribution is -0.0979. The van der Waals surface area contributed by atoms with Gasteiger partial charge in [0.05, 0.1) is 0 Å². The van der Waals surface area contributed by atoms with Gasteiger partial charge in [0.1, 0.15) is 6.79 Å². The average Bonchev–Trinajstić information content (AvgIpc) is 2.58. The Labute approximate surface area is 144 Å². The topological polar surface area (TPSA) is 32.3 Å². The molecule has 0 aromatic carbocycles. The van der Waals surface area contributed by atoms with Crippen molar-refractivity contribution in [2.45, 2.75) is 82.6 Å². The molecule has 0 atom stereocenters. The van der Waals surface area contributed by atoms with Crippen LogP contribution in [0.3, 0.4) is 0 Å². The summed E-state index contributed by atoms with van der Waals surface area (Å²) < 4.78 is 0. The van der Waals surface area contributed by atoms with Gasteiger partial charge in [-0.15, -0.1) is 0 Å². The standard InChI is InChI=1S/C8H20N2.C4H10.3C2H6.CH2O/c1-4-9-7-6-8-10(3)5-2;1-4(2)3;4*1-2/h9H,4-8H2,1-3H3;4H,1-3H3;3*1-2H3;1H2. The van der Waals surface area contributed by atoms with Gasteiger partial charge in [0.15, 0.2) is 0 Å². The fourth-order valence-corrected chi connectivity index (χ4v) is 0.809. The van der Waals surface area contributed by atoms with Crippen LogP contribution in [-0.4, -0.2) is 44.9 Å². The molecular weight excluding hydrogens is 272 g/mol. The normalized spacial score (nSPS) is 7.55. The first-order valence-corrected chi connectivity index (χ1v) is 9.22. The quantitative estimate of drug-likeness (QED) is 0.656. The van der Waals surface area contributed by atoms with Gasteiger partial charge in [0, 0.05) is 0 Å². The van der Waals surface area contributed by atoms with Crippen molar-refractivity contribution in [1.29, 1.82) is 0 Å². The Kier molecular flexibility index (Phi) is 101. The van der Waals surface area contributed by atoms with Crippen molar-refractivity contribution >= 4 is 6.79 Å². The Bertz CT molecular complexity index is 107. The summed E-state index contributed by atoms with van der Waals surface area (Å²) in [4.78, 5) is 10.3. The van der Waals surface area contributed by atoms with E-state index in [0.29, 0.717) is 0 Å². The molecule has 0 aliphatic carbocycles. The summed E-state index contributed by atoms with van der Waals surface area (Å²) in [6.45, 7) is 29.4. The fraction of sp³-hybridized carbons (Fsp3) is 0.947. The molecule has 0 aliphatic heterocycles. The van der Waals surface area contributed by atoms with Crippen LogP contribution < -0.4 is 5.32 Å². The van der Waals surface area contributed by atoms with E-state index < -0.39 is 0 Å². The minimum atomic E-state index is 0.833. The highest BCUT2D eigenvalue weighted by Crippen LogP contribution is 1.83. The SMILES string of the molecule is C=O.CC.CC.CC.CC(C)C.CCNCCCN(C)CC. The Balaban J connectivity index is -0.0000000447. The van der Waals surface area contributed by atoms with Crippen LogP contribution >= 0.6 is 0 Å². The molecule has 0 heterocycles. The van der Waals surface area contributed by atoms with Gasteiger partial charge in [-0.25, -0.2) is 0 Å².